The second-order valence-electron chi connectivity index (χ2n) is 5.69. The van der Waals surface area contributed by atoms with E-state index in [2.05, 4.69) is 45.2 Å². The number of hydrogen-bond acceptors (Lipinski definition) is 2. The third kappa shape index (κ3) is 6.34. The molecule has 2 N–H and O–H groups in total. The molecule has 0 saturated heterocycles. The first-order valence-electron chi connectivity index (χ1n) is 6.76. The minimum Gasteiger partial charge on any atom is -0.478 e. The lowest BCUT2D eigenvalue weighted by Crippen LogP contribution is -2.41. The van der Waals surface area contributed by atoms with Crippen LogP contribution in [0.5, 0.6) is 0 Å². The second-order valence-corrected chi connectivity index (χ2v) is 5.69. The Labute approximate surface area is 121 Å². The van der Waals surface area contributed by atoms with Gasteiger partial charge in [-0.1, -0.05) is 50.3 Å². The first kappa shape index (κ1) is 16.2. The van der Waals surface area contributed by atoms with Crippen molar-refractivity contribution in [2.75, 3.05) is 0 Å². The number of carboxylic acids is 1. The molecular weight excluding hydrogens is 250 g/mol. The van der Waals surface area contributed by atoms with Crippen LogP contribution < -0.4 is 5.32 Å². The quantitative estimate of drug-likeness (QED) is 0.779. The highest BCUT2D eigenvalue weighted by Gasteiger charge is 2.13. The fraction of sp³-hybridized carbons (Fsp3) is 0.353. The monoisotopic (exact) mass is 273 g/mol. The Morgan fingerprint density at radius 3 is 2.10 bits per heavy atom. The van der Waals surface area contributed by atoms with Crippen LogP contribution in [-0.4, -0.2) is 22.7 Å². The zero-order valence-electron chi connectivity index (χ0n) is 12.6. The fourth-order valence-corrected chi connectivity index (χ4v) is 1.98. The molecule has 0 aliphatic carbocycles. The molecule has 108 valence electrons. The van der Waals surface area contributed by atoms with Crippen LogP contribution in [0.2, 0.25) is 0 Å². The average Bonchev–Trinajstić information content (AvgIpc) is 2.33. The molecule has 0 aliphatic heterocycles. The summed E-state index contributed by atoms with van der Waals surface area (Å²) >= 11 is 0. The van der Waals surface area contributed by atoms with Crippen molar-refractivity contribution in [2.45, 2.75) is 39.3 Å². The number of aliphatic carboxylic acids is 1. The van der Waals surface area contributed by atoms with Crippen LogP contribution >= 0.6 is 0 Å². The third-order valence-corrected chi connectivity index (χ3v) is 2.71. The Morgan fingerprint density at radius 1 is 1.15 bits per heavy atom. The van der Waals surface area contributed by atoms with Crippen LogP contribution in [0.15, 0.2) is 36.4 Å². The molecule has 0 aromatic heterocycles. The van der Waals surface area contributed by atoms with E-state index in [9.17, 15) is 4.79 Å². The lowest BCUT2D eigenvalue weighted by atomic mass is 10.0. The molecule has 1 aromatic carbocycles. The first-order chi connectivity index (χ1) is 9.28. The van der Waals surface area contributed by atoms with Crippen molar-refractivity contribution < 1.29 is 9.90 Å². The number of rotatable bonds is 6. The normalized spacial score (nSPS) is 12.7. The molecule has 0 radical (unpaired) electrons. The van der Waals surface area contributed by atoms with Gasteiger partial charge in [0.2, 0.25) is 0 Å². The van der Waals surface area contributed by atoms with E-state index in [1.807, 2.05) is 24.3 Å². The van der Waals surface area contributed by atoms with E-state index < -0.39 is 5.97 Å². The SMILES string of the molecule is CC(C)NC(C)(C)/C=C/c1ccc(/C=C/C(=O)O)cc1. The summed E-state index contributed by atoms with van der Waals surface area (Å²) in [6.07, 6.45) is 6.93. The maximum absolute atomic E-state index is 10.4. The van der Waals surface area contributed by atoms with Gasteiger partial charge in [0.05, 0.1) is 0 Å². The van der Waals surface area contributed by atoms with Gasteiger partial charge in [-0.2, -0.15) is 0 Å². The van der Waals surface area contributed by atoms with Gasteiger partial charge in [0.25, 0.3) is 0 Å². The van der Waals surface area contributed by atoms with Gasteiger partial charge in [-0.25, -0.2) is 4.79 Å². The molecule has 0 fully saturated rings. The smallest absolute Gasteiger partial charge is 0.328 e. The van der Waals surface area contributed by atoms with Gasteiger partial charge in [-0.05, 0) is 31.1 Å². The van der Waals surface area contributed by atoms with Crippen LogP contribution in [0.25, 0.3) is 12.2 Å². The first-order valence-corrected chi connectivity index (χ1v) is 6.76. The van der Waals surface area contributed by atoms with Crippen molar-refractivity contribution in [3.8, 4) is 0 Å². The van der Waals surface area contributed by atoms with Crippen molar-refractivity contribution >= 4 is 18.1 Å². The van der Waals surface area contributed by atoms with Gasteiger partial charge in [0, 0.05) is 17.7 Å². The standard InChI is InChI=1S/C17H23NO2/c1-13(2)18-17(3,4)12-11-15-7-5-14(6-8-15)9-10-16(19)20/h5-13,18H,1-4H3,(H,19,20)/b10-9+,12-11+. The predicted octanol–water partition coefficient (Wildman–Crippen LogP) is 3.57. The lowest BCUT2D eigenvalue weighted by molar-refractivity contribution is -0.131. The molecule has 0 spiro atoms. The Kier molecular flexibility index (Phi) is 5.71. The van der Waals surface area contributed by atoms with Crippen LogP contribution in [-0.2, 0) is 4.79 Å². The zero-order valence-corrected chi connectivity index (χ0v) is 12.6. The molecule has 20 heavy (non-hydrogen) atoms. The summed E-state index contributed by atoms with van der Waals surface area (Å²) < 4.78 is 0. The molecule has 0 unspecified atom stereocenters. The number of carbonyl (C=O) groups is 1. The highest BCUT2D eigenvalue weighted by Crippen LogP contribution is 2.12. The summed E-state index contributed by atoms with van der Waals surface area (Å²) in [5.41, 5.74) is 1.91. The van der Waals surface area contributed by atoms with Gasteiger partial charge in [-0.15, -0.1) is 0 Å². The van der Waals surface area contributed by atoms with E-state index in [4.69, 9.17) is 5.11 Å². The molecule has 3 nitrogen and oxygen atoms in total. The summed E-state index contributed by atoms with van der Waals surface area (Å²) in [6.45, 7) is 8.51. The largest absolute Gasteiger partial charge is 0.478 e. The number of benzene rings is 1. The van der Waals surface area contributed by atoms with Crippen molar-refractivity contribution in [1.29, 1.82) is 0 Å². The van der Waals surface area contributed by atoms with Crippen LogP contribution in [0.3, 0.4) is 0 Å². The molecule has 0 heterocycles. The van der Waals surface area contributed by atoms with Crippen LogP contribution in [0.4, 0.5) is 0 Å². The van der Waals surface area contributed by atoms with Gasteiger partial charge < -0.3 is 10.4 Å². The van der Waals surface area contributed by atoms with E-state index >= 15 is 0 Å². The molecule has 3 heteroatoms. The average molecular weight is 273 g/mol. The Morgan fingerprint density at radius 2 is 1.65 bits per heavy atom. The van der Waals surface area contributed by atoms with E-state index in [-0.39, 0.29) is 5.54 Å². The lowest BCUT2D eigenvalue weighted by Gasteiger charge is -2.25. The summed E-state index contributed by atoms with van der Waals surface area (Å²) in [4.78, 5) is 10.4. The molecule has 1 aromatic rings. The van der Waals surface area contributed by atoms with Gasteiger partial charge in [-0.3, -0.25) is 0 Å². The Hall–Kier alpha value is -1.87. The molecule has 0 atom stereocenters. The van der Waals surface area contributed by atoms with E-state index in [1.165, 1.54) is 0 Å². The Balaban J connectivity index is 2.72. The van der Waals surface area contributed by atoms with E-state index in [1.54, 1.807) is 6.08 Å². The van der Waals surface area contributed by atoms with Gasteiger partial charge in [0.1, 0.15) is 0 Å². The van der Waals surface area contributed by atoms with E-state index in [0.717, 1.165) is 17.2 Å². The summed E-state index contributed by atoms with van der Waals surface area (Å²) in [5, 5.41) is 12.0. The predicted molar refractivity (Wildman–Crippen MR) is 84.5 cm³/mol. The van der Waals surface area contributed by atoms with Crippen LogP contribution in [0.1, 0.15) is 38.8 Å². The summed E-state index contributed by atoms with van der Waals surface area (Å²) in [6, 6.07) is 8.19. The van der Waals surface area contributed by atoms with E-state index in [0.29, 0.717) is 6.04 Å². The number of hydrogen-bond donors (Lipinski definition) is 2. The highest BCUT2D eigenvalue weighted by atomic mass is 16.4. The van der Waals surface area contributed by atoms with Gasteiger partial charge in [0.15, 0.2) is 0 Å². The van der Waals surface area contributed by atoms with Crippen molar-refractivity contribution in [2.24, 2.45) is 0 Å². The molecule has 0 saturated carbocycles. The zero-order chi connectivity index (χ0) is 15.2. The third-order valence-electron chi connectivity index (χ3n) is 2.71. The molecule has 1 rings (SSSR count). The minimum atomic E-state index is -0.935. The Bertz CT molecular complexity index is 496. The van der Waals surface area contributed by atoms with Crippen molar-refractivity contribution in [1.82, 2.24) is 5.32 Å². The molecule has 0 aliphatic rings. The van der Waals surface area contributed by atoms with Crippen molar-refractivity contribution in [3.05, 3.63) is 47.5 Å². The van der Waals surface area contributed by atoms with Crippen molar-refractivity contribution in [3.63, 3.8) is 0 Å². The maximum Gasteiger partial charge on any atom is 0.328 e. The topological polar surface area (TPSA) is 49.3 Å². The van der Waals surface area contributed by atoms with Crippen LogP contribution in [0, 0.1) is 0 Å². The highest BCUT2D eigenvalue weighted by molar-refractivity contribution is 5.85. The molecule has 0 amide bonds. The minimum absolute atomic E-state index is 0.0595. The number of nitrogens with one attached hydrogen (secondary N) is 1. The molecule has 0 bridgehead atoms. The fourth-order valence-electron chi connectivity index (χ4n) is 1.98. The summed E-state index contributed by atoms with van der Waals surface area (Å²) in [5.74, 6) is -0.935. The second kappa shape index (κ2) is 7.06. The summed E-state index contributed by atoms with van der Waals surface area (Å²) in [7, 11) is 0. The molecular formula is C17H23NO2. The maximum atomic E-state index is 10.4. The van der Waals surface area contributed by atoms with Gasteiger partial charge >= 0.3 is 5.97 Å². The number of carboxylic acid groups (broad SMARTS) is 1.